The van der Waals surface area contributed by atoms with E-state index in [1.54, 1.807) is 11.9 Å². The van der Waals surface area contributed by atoms with E-state index >= 15 is 0 Å². The summed E-state index contributed by atoms with van der Waals surface area (Å²) in [7, 11) is 1.80. The van der Waals surface area contributed by atoms with Gasteiger partial charge < -0.3 is 15.5 Å². The van der Waals surface area contributed by atoms with Crippen molar-refractivity contribution in [3.05, 3.63) is 29.8 Å². The van der Waals surface area contributed by atoms with Crippen LogP contribution in [0.3, 0.4) is 0 Å². The number of hydrogen-bond donors (Lipinski definition) is 2. The molecule has 3 amide bonds. The first-order valence-corrected chi connectivity index (χ1v) is 7.27. The summed E-state index contributed by atoms with van der Waals surface area (Å²) >= 11 is 0. The topological polar surface area (TPSA) is 61.4 Å². The zero-order valence-electron chi connectivity index (χ0n) is 13.3. The van der Waals surface area contributed by atoms with E-state index in [9.17, 15) is 9.59 Å². The van der Waals surface area contributed by atoms with Crippen LogP contribution in [0.25, 0.3) is 0 Å². The van der Waals surface area contributed by atoms with Crippen molar-refractivity contribution in [3.8, 4) is 0 Å². The summed E-state index contributed by atoms with van der Waals surface area (Å²) in [5, 5.41) is 5.61. The molecule has 1 aromatic carbocycles. The van der Waals surface area contributed by atoms with E-state index in [-0.39, 0.29) is 11.9 Å². The molecule has 0 heterocycles. The molecule has 1 rings (SSSR count). The van der Waals surface area contributed by atoms with Gasteiger partial charge in [-0.2, -0.15) is 0 Å². The van der Waals surface area contributed by atoms with Crippen LogP contribution in [-0.4, -0.2) is 30.4 Å². The maximum Gasteiger partial charge on any atom is 0.317 e. The molecule has 0 fully saturated rings. The van der Waals surface area contributed by atoms with Gasteiger partial charge in [-0.3, -0.25) is 4.79 Å². The molecule has 0 aromatic heterocycles. The van der Waals surface area contributed by atoms with Crippen molar-refractivity contribution in [2.45, 2.75) is 33.7 Å². The molecular weight excluding hydrogens is 266 g/mol. The lowest BCUT2D eigenvalue weighted by molar-refractivity contribution is -0.114. The van der Waals surface area contributed by atoms with Crippen LogP contribution in [0.5, 0.6) is 0 Å². The van der Waals surface area contributed by atoms with E-state index in [0.717, 1.165) is 24.2 Å². The fraction of sp³-hybridized carbons (Fsp3) is 0.500. The molecule has 0 aliphatic heterocycles. The highest BCUT2D eigenvalue weighted by Crippen LogP contribution is 2.10. The molecule has 0 saturated carbocycles. The molecular formula is C16H25N3O2. The van der Waals surface area contributed by atoms with E-state index in [2.05, 4.69) is 24.5 Å². The number of amides is 3. The van der Waals surface area contributed by atoms with Gasteiger partial charge in [-0.15, -0.1) is 0 Å². The lowest BCUT2D eigenvalue weighted by Gasteiger charge is -2.21. The Morgan fingerprint density at radius 3 is 2.67 bits per heavy atom. The second-order valence-electron chi connectivity index (χ2n) is 5.43. The van der Waals surface area contributed by atoms with Crippen molar-refractivity contribution >= 4 is 17.6 Å². The number of benzene rings is 1. The maximum absolute atomic E-state index is 12.0. The van der Waals surface area contributed by atoms with Gasteiger partial charge in [0.05, 0.1) is 0 Å². The molecule has 0 aliphatic carbocycles. The first-order chi connectivity index (χ1) is 9.92. The predicted molar refractivity (Wildman–Crippen MR) is 85.1 cm³/mol. The molecule has 0 saturated heterocycles. The summed E-state index contributed by atoms with van der Waals surface area (Å²) in [4.78, 5) is 24.7. The number of rotatable bonds is 6. The van der Waals surface area contributed by atoms with Crippen LogP contribution in [0.1, 0.15) is 32.8 Å². The van der Waals surface area contributed by atoms with Gasteiger partial charge in [-0.25, -0.2) is 4.79 Å². The lowest BCUT2D eigenvalue weighted by Crippen LogP contribution is -2.39. The number of urea groups is 1. The molecule has 0 unspecified atom stereocenters. The maximum atomic E-state index is 12.0. The van der Waals surface area contributed by atoms with Crippen LogP contribution < -0.4 is 10.6 Å². The van der Waals surface area contributed by atoms with E-state index < -0.39 is 0 Å². The molecule has 0 spiro atoms. The zero-order chi connectivity index (χ0) is 15.8. The highest BCUT2D eigenvalue weighted by atomic mass is 16.2. The van der Waals surface area contributed by atoms with Crippen molar-refractivity contribution in [2.24, 2.45) is 5.92 Å². The Morgan fingerprint density at radius 1 is 1.33 bits per heavy atom. The quantitative estimate of drug-likeness (QED) is 0.846. The van der Waals surface area contributed by atoms with Crippen LogP contribution in [0.2, 0.25) is 0 Å². The Bertz CT molecular complexity index is 488. The third kappa shape index (κ3) is 6.29. The molecule has 1 atom stereocenters. The Kier molecular flexibility index (Phi) is 6.72. The van der Waals surface area contributed by atoms with Crippen molar-refractivity contribution in [1.29, 1.82) is 0 Å². The van der Waals surface area contributed by atoms with Gasteiger partial charge in [0.15, 0.2) is 0 Å². The predicted octanol–water partition coefficient (Wildman–Crippen LogP) is 2.83. The van der Waals surface area contributed by atoms with Crippen molar-refractivity contribution in [3.63, 3.8) is 0 Å². The molecule has 0 aliphatic rings. The minimum atomic E-state index is -0.107. The molecule has 21 heavy (non-hydrogen) atoms. The Hall–Kier alpha value is -2.04. The zero-order valence-corrected chi connectivity index (χ0v) is 13.3. The molecule has 2 N–H and O–H groups in total. The highest BCUT2D eigenvalue weighted by molar-refractivity contribution is 5.88. The van der Waals surface area contributed by atoms with Crippen LogP contribution in [0.15, 0.2) is 24.3 Å². The second-order valence-corrected chi connectivity index (χ2v) is 5.43. The van der Waals surface area contributed by atoms with Gasteiger partial charge in [0.2, 0.25) is 5.91 Å². The number of nitrogens with one attached hydrogen (secondary N) is 2. The van der Waals surface area contributed by atoms with Crippen molar-refractivity contribution in [2.75, 3.05) is 18.9 Å². The minimum absolute atomic E-state index is 0.0831. The van der Waals surface area contributed by atoms with Gasteiger partial charge >= 0.3 is 6.03 Å². The summed E-state index contributed by atoms with van der Waals surface area (Å²) in [6, 6.07) is 7.37. The average Bonchev–Trinajstić information content (AvgIpc) is 2.44. The van der Waals surface area contributed by atoms with Crippen LogP contribution in [-0.2, 0) is 11.3 Å². The number of carbonyl (C=O) groups excluding carboxylic acids is 2. The molecule has 1 aromatic rings. The first-order valence-electron chi connectivity index (χ1n) is 7.27. The standard InChI is InChI=1S/C16H25N3O2/c1-5-12(2)11-19(4)16(21)17-10-14-7-6-8-15(9-14)18-13(3)20/h6-9,12H,5,10-11H2,1-4H3,(H,17,21)(H,18,20)/t12-/m0/s1. The largest absolute Gasteiger partial charge is 0.334 e. The normalized spacial score (nSPS) is 11.6. The summed E-state index contributed by atoms with van der Waals surface area (Å²) in [6.45, 7) is 6.90. The van der Waals surface area contributed by atoms with Gasteiger partial charge in [0, 0.05) is 32.7 Å². The van der Waals surface area contributed by atoms with Crippen molar-refractivity contribution < 1.29 is 9.59 Å². The van der Waals surface area contributed by atoms with Crippen molar-refractivity contribution in [1.82, 2.24) is 10.2 Å². The van der Waals surface area contributed by atoms with Crippen LogP contribution in [0, 0.1) is 5.92 Å². The van der Waals surface area contributed by atoms with Gasteiger partial charge in [0.25, 0.3) is 0 Å². The van der Waals surface area contributed by atoms with E-state index in [0.29, 0.717) is 12.5 Å². The Morgan fingerprint density at radius 2 is 2.05 bits per heavy atom. The van der Waals surface area contributed by atoms with Crippen LogP contribution >= 0.6 is 0 Å². The van der Waals surface area contributed by atoms with E-state index in [4.69, 9.17) is 0 Å². The molecule has 0 bridgehead atoms. The number of carbonyl (C=O) groups is 2. The summed E-state index contributed by atoms with van der Waals surface area (Å²) < 4.78 is 0. The SMILES string of the molecule is CC[C@H](C)CN(C)C(=O)NCc1cccc(NC(C)=O)c1. The molecule has 5 nitrogen and oxygen atoms in total. The minimum Gasteiger partial charge on any atom is -0.334 e. The van der Waals surface area contributed by atoms with Gasteiger partial charge in [0.1, 0.15) is 0 Å². The van der Waals surface area contributed by atoms with Crippen LogP contribution in [0.4, 0.5) is 10.5 Å². The lowest BCUT2D eigenvalue weighted by atomic mass is 10.1. The third-order valence-corrected chi connectivity index (χ3v) is 3.32. The average molecular weight is 291 g/mol. The molecule has 0 radical (unpaired) electrons. The smallest absolute Gasteiger partial charge is 0.317 e. The van der Waals surface area contributed by atoms with E-state index in [1.165, 1.54) is 6.92 Å². The number of anilines is 1. The Balaban J connectivity index is 2.51. The summed E-state index contributed by atoms with van der Waals surface area (Å²) in [5.74, 6) is 0.383. The van der Waals surface area contributed by atoms with E-state index in [1.807, 2.05) is 24.3 Å². The summed E-state index contributed by atoms with van der Waals surface area (Å²) in [5.41, 5.74) is 1.69. The number of nitrogens with zero attached hydrogens (tertiary/aromatic N) is 1. The second kappa shape index (κ2) is 8.29. The highest BCUT2D eigenvalue weighted by Gasteiger charge is 2.10. The molecule has 116 valence electrons. The fourth-order valence-corrected chi connectivity index (χ4v) is 1.95. The monoisotopic (exact) mass is 291 g/mol. The van der Waals surface area contributed by atoms with Gasteiger partial charge in [-0.1, -0.05) is 32.4 Å². The summed E-state index contributed by atoms with van der Waals surface area (Å²) in [6.07, 6.45) is 1.05. The first kappa shape index (κ1) is 17.0. The molecule has 5 heteroatoms. The number of hydrogen-bond acceptors (Lipinski definition) is 2. The van der Waals surface area contributed by atoms with Gasteiger partial charge in [-0.05, 0) is 23.6 Å². The fourth-order valence-electron chi connectivity index (χ4n) is 1.95. The third-order valence-electron chi connectivity index (χ3n) is 3.32. The Labute approximate surface area is 126 Å².